The Morgan fingerprint density at radius 2 is 2.05 bits per heavy atom. The molecule has 1 atom stereocenters. The molecule has 0 bridgehead atoms. The van der Waals surface area contributed by atoms with E-state index in [0.717, 1.165) is 52.0 Å². The fourth-order valence-corrected chi connectivity index (χ4v) is 3.01. The Balaban J connectivity index is 1.79. The maximum absolute atomic E-state index is 12.5. The largest absolute Gasteiger partial charge is 0.356 e. The third-order valence-corrected chi connectivity index (χ3v) is 4.43. The van der Waals surface area contributed by atoms with Gasteiger partial charge in [-0.15, -0.1) is 0 Å². The molecule has 0 radical (unpaired) electrons. The van der Waals surface area contributed by atoms with Crippen LogP contribution >= 0.6 is 0 Å². The minimum absolute atomic E-state index is 0.0306. The first-order valence-electron chi connectivity index (χ1n) is 7.26. The quantitative estimate of drug-likeness (QED) is 0.776. The summed E-state index contributed by atoms with van der Waals surface area (Å²) in [5, 5.41) is 6.15. The summed E-state index contributed by atoms with van der Waals surface area (Å²) in [6, 6.07) is 0. The lowest BCUT2D eigenvalue weighted by atomic mass is 9.86. The number of nitrogens with zero attached hydrogens (tertiary/aromatic N) is 1. The molecule has 2 fully saturated rings. The standard InChI is InChI=1S/C14H25N3O2/c1-11(18)16-9-12-3-7-17(8-4-12)13(19)14(2)5-6-15-10-14/h12,15H,3-10H2,1-2H3,(H,16,18). The molecule has 2 saturated heterocycles. The van der Waals surface area contributed by atoms with Crippen LogP contribution in [-0.4, -0.2) is 49.4 Å². The van der Waals surface area contributed by atoms with Gasteiger partial charge in [0.05, 0.1) is 5.41 Å². The van der Waals surface area contributed by atoms with E-state index in [4.69, 9.17) is 0 Å². The van der Waals surface area contributed by atoms with Crippen LogP contribution in [0, 0.1) is 11.3 Å². The summed E-state index contributed by atoms with van der Waals surface area (Å²) >= 11 is 0. The van der Waals surface area contributed by atoms with Gasteiger partial charge in [0.25, 0.3) is 0 Å². The zero-order valence-electron chi connectivity index (χ0n) is 12.0. The van der Waals surface area contributed by atoms with Gasteiger partial charge in [-0.1, -0.05) is 0 Å². The number of rotatable bonds is 3. The fourth-order valence-electron chi connectivity index (χ4n) is 3.01. The Kier molecular flexibility index (Phi) is 4.45. The van der Waals surface area contributed by atoms with Crippen molar-refractivity contribution in [3.63, 3.8) is 0 Å². The molecule has 2 rings (SSSR count). The van der Waals surface area contributed by atoms with Crippen LogP contribution in [0.4, 0.5) is 0 Å². The van der Waals surface area contributed by atoms with Crippen molar-refractivity contribution in [3.8, 4) is 0 Å². The number of hydrogen-bond acceptors (Lipinski definition) is 3. The van der Waals surface area contributed by atoms with Crippen LogP contribution in [0.1, 0.15) is 33.1 Å². The van der Waals surface area contributed by atoms with Crippen LogP contribution in [0.25, 0.3) is 0 Å². The van der Waals surface area contributed by atoms with Crippen LogP contribution in [0.3, 0.4) is 0 Å². The highest BCUT2D eigenvalue weighted by Gasteiger charge is 2.39. The molecule has 2 aliphatic rings. The van der Waals surface area contributed by atoms with Gasteiger partial charge in [0, 0.05) is 33.1 Å². The van der Waals surface area contributed by atoms with Gasteiger partial charge in [0.1, 0.15) is 0 Å². The first kappa shape index (κ1) is 14.3. The van der Waals surface area contributed by atoms with E-state index >= 15 is 0 Å². The van der Waals surface area contributed by atoms with E-state index in [1.165, 1.54) is 0 Å². The molecule has 0 aromatic heterocycles. The minimum Gasteiger partial charge on any atom is -0.356 e. The smallest absolute Gasteiger partial charge is 0.229 e. The van der Waals surface area contributed by atoms with Gasteiger partial charge in [-0.2, -0.15) is 0 Å². The summed E-state index contributed by atoms with van der Waals surface area (Å²) in [7, 11) is 0. The van der Waals surface area contributed by atoms with Gasteiger partial charge in [-0.25, -0.2) is 0 Å². The molecule has 5 nitrogen and oxygen atoms in total. The summed E-state index contributed by atoms with van der Waals surface area (Å²) in [5.74, 6) is 0.848. The number of likely N-dealkylation sites (tertiary alicyclic amines) is 1. The third kappa shape index (κ3) is 3.47. The van der Waals surface area contributed by atoms with Gasteiger partial charge in [0.15, 0.2) is 0 Å². The molecule has 0 aromatic carbocycles. The van der Waals surface area contributed by atoms with Crippen molar-refractivity contribution >= 4 is 11.8 Å². The first-order valence-corrected chi connectivity index (χ1v) is 7.26. The maximum atomic E-state index is 12.5. The van der Waals surface area contributed by atoms with Gasteiger partial charge in [-0.3, -0.25) is 9.59 Å². The van der Waals surface area contributed by atoms with Crippen LogP contribution < -0.4 is 10.6 Å². The van der Waals surface area contributed by atoms with Crippen molar-refractivity contribution < 1.29 is 9.59 Å². The highest BCUT2D eigenvalue weighted by molar-refractivity contribution is 5.83. The first-order chi connectivity index (χ1) is 9.01. The summed E-state index contributed by atoms with van der Waals surface area (Å²) in [6.07, 6.45) is 2.93. The fraction of sp³-hybridized carbons (Fsp3) is 0.857. The van der Waals surface area contributed by atoms with Gasteiger partial charge in [-0.05, 0) is 38.6 Å². The molecular formula is C14H25N3O2. The number of carbonyl (C=O) groups excluding carboxylic acids is 2. The zero-order valence-corrected chi connectivity index (χ0v) is 12.0. The van der Waals surface area contributed by atoms with E-state index in [0.29, 0.717) is 11.8 Å². The average Bonchev–Trinajstić information content (AvgIpc) is 2.84. The predicted octanol–water partition coefficient (Wildman–Crippen LogP) is 0.361. The Hall–Kier alpha value is -1.10. The molecule has 19 heavy (non-hydrogen) atoms. The van der Waals surface area contributed by atoms with E-state index in [-0.39, 0.29) is 11.3 Å². The second-order valence-electron chi connectivity index (χ2n) is 6.16. The van der Waals surface area contributed by atoms with E-state index in [1.54, 1.807) is 6.92 Å². The number of amides is 2. The zero-order chi connectivity index (χ0) is 13.9. The lowest BCUT2D eigenvalue weighted by Gasteiger charge is -2.36. The number of carbonyl (C=O) groups is 2. The molecular weight excluding hydrogens is 242 g/mol. The Bertz CT molecular complexity index is 343. The van der Waals surface area contributed by atoms with Crippen LogP contribution in [0.2, 0.25) is 0 Å². The predicted molar refractivity (Wildman–Crippen MR) is 73.6 cm³/mol. The highest BCUT2D eigenvalue weighted by Crippen LogP contribution is 2.29. The number of piperidine rings is 1. The van der Waals surface area contributed by atoms with Crippen molar-refractivity contribution in [2.45, 2.75) is 33.1 Å². The minimum atomic E-state index is -0.204. The van der Waals surface area contributed by atoms with E-state index < -0.39 is 0 Å². The SMILES string of the molecule is CC(=O)NCC1CCN(C(=O)C2(C)CCNC2)CC1. The molecule has 2 amide bonds. The lowest BCUT2D eigenvalue weighted by molar-refractivity contribution is -0.141. The summed E-state index contributed by atoms with van der Waals surface area (Å²) < 4.78 is 0. The van der Waals surface area contributed by atoms with E-state index in [9.17, 15) is 9.59 Å². The molecule has 1 unspecified atom stereocenters. The van der Waals surface area contributed by atoms with Crippen molar-refractivity contribution in [2.24, 2.45) is 11.3 Å². The van der Waals surface area contributed by atoms with Gasteiger partial charge in [0.2, 0.25) is 11.8 Å². The monoisotopic (exact) mass is 267 g/mol. The lowest BCUT2D eigenvalue weighted by Crippen LogP contribution is -2.48. The highest BCUT2D eigenvalue weighted by atomic mass is 16.2. The molecule has 0 spiro atoms. The van der Waals surface area contributed by atoms with Crippen molar-refractivity contribution in [3.05, 3.63) is 0 Å². The molecule has 2 N–H and O–H groups in total. The molecule has 0 aliphatic carbocycles. The molecule has 0 aromatic rings. The Morgan fingerprint density at radius 3 is 2.58 bits per heavy atom. The molecule has 5 heteroatoms. The van der Waals surface area contributed by atoms with Crippen molar-refractivity contribution in [1.82, 2.24) is 15.5 Å². The summed E-state index contributed by atoms with van der Waals surface area (Å²) in [4.78, 5) is 25.4. The van der Waals surface area contributed by atoms with E-state index in [2.05, 4.69) is 17.6 Å². The Labute approximate surface area is 115 Å². The normalized spacial score (nSPS) is 28.4. The summed E-state index contributed by atoms with van der Waals surface area (Å²) in [6.45, 7) is 7.78. The molecule has 0 saturated carbocycles. The van der Waals surface area contributed by atoms with Crippen LogP contribution in [-0.2, 0) is 9.59 Å². The van der Waals surface area contributed by atoms with Crippen LogP contribution in [0.15, 0.2) is 0 Å². The van der Waals surface area contributed by atoms with Crippen molar-refractivity contribution in [2.75, 3.05) is 32.7 Å². The molecule has 2 aliphatic heterocycles. The molecule has 108 valence electrons. The average molecular weight is 267 g/mol. The van der Waals surface area contributed by atoms with Crippen LogP contribution in [0.5, 0.6) is 0 Å². The van der Waals surface area contributed by atoms with Gasteiger partial charge >= 0.3 is 0 Å². The number of hydrogen-bond donors (Lipinski definition) is 2. The number of nitrogens with one attached hydrogen (secondary N) is 2. The second-order valence-corrected chi connectivity index (χ2v) is 6.16. The van der Waals surface area contributed by atoms with Crippen molar-refractivity contribution in [1.29, 1.82) is 0 Å². The Morgan fingerprint density at radius 1 is 1.37 bits per heavy atom. The second kappa shape index (κ2) is 5.90. The van der Waals surface area contributed by atoms with E-state index in [1.807, 2.05) is 4.90 Å². The maximum Gasteiger partial charge on any atom is 0.229 e. The summed E-state index contributed by atoms with van der Waals surface area (Å²) in [5.41, 5.74) is -0.204. The molecule has 2 heterocycles. The third-order valence-electron chi connectivity index (χ3n) is 4.43. The van der Waals surface area contributed by atoms with Gasteiger partial charge < -0.3 is 15.5 Å². The topological polar surface area (TPSA) is 61.4 Å².